The van der Waals surface area contributed by atoms with Gasteiger partial charge in [0.25, 0.3) is 5.91 Å². The number of hydrogen-bond donors (Lipinski definition) is 2. The fraction of sp³-hybridized carbons (Fsp3) is 0.214. The molecule has 4 nitrogen and oxygen atoms in total. The van der Waals surface area contributed by atoms with Crippen LogP contribution < -0.4 is 15.8 Å². The molecule has 0 aliphatic rings. The van der Waals surface area contributed by atoms with Crippen molar-refractivity contribution in [3.63, 3.8) is 0 Å². The summed E-state index contributed by atoms with van der Waals surface area (Å²) >= 11 is 0. The maximum absolute atomic E-state index is 11.4. The first-order valence-electron chi connectivity index (χ1n) is 5.88. The van der Waals surface area contributed by atoms with Gasteiger partial charge in [-0.3, -0.25) is 4.79 Å². The number of nitrogens with one attached hydrogen (secondary N) is 1. The first-order valence-corrected chi connectivity index (χ1v) is 5.88. The lowest BCUT2D eigenvalue weighted by Gasteiger charge is -2.09. The van der Waals surface area contributed by atoms with E-state index in [4.69, 9.17) is 10.5 Å². The number of amides is 1. The Morgan fingerprint density at radius 1 is 1.17 bits per heavy atom. The summed E-state index contributed by atoms with van der Waals surface area (Å²) in [4.78, 5) is 11.4. The van der Waals surface area contributed by atoms with E-state index in [9.17, 15) is 4.79 Å². The van der Waals surface area contributed by atoms with Crippen LogP contribution in [-0.4, -0.2) is 25.6 Å². The first kappa shape index (κ1) is 12.4. The van der Waals surface area contributed by atoms with E-state index >= 15 is 0 Å². The Hall–Kier alpha value is -2.07. The van der Waals surface area contributed by atoms with Crippen LogP contribution in [0.5, 0.6) is 5.75 Å². The normalized spacial score (nSPS) is 10.3. The second-order valence-electron chi connectivity index (χ2n) is 3.90. The number of fused-ring (bicyclic) bond motifs is 1. The Labute approximate surface area is 106 Å². The van der Waals surface area contributed by atoms with Gasteiger partial charge < -0.3 is 15.8 Å². The van der Waals surface area contributed by atoms with E-state index in [0.717, 1.165) is 16.5 Å². The van der Waals surface area contributed by atoms with E-state index in [0.29, 0.717) is 13.1 Å². The van der Waals surface area contributed by atoms with Crippen molar-refractivity contribution in [2.24, 2.45) is 5.73 Å². The summed E-state index contributed by atoms with van der Waals surface area (Å²) in [5, 5.41) is 4.76. The molecule has 0 heterocycles. The molecule has 0 fully saturated rings. The Morgan fingerprint density at radius 2 is 1.94 bits per heavy atom. The average molecular weight is 244 g/mol. The molecule has 3 N–H and O–H groups in total. The third-order valence-electron chi connectivity index (χ3n) is 2.57. The number of benzene rings is 2. The van der Waals surface area contributed by atoms with Gasteiger partial charge in [0.1, 0.15) is 5.75 Å². The van der Waals surface area contributed by atoms with Gasteiger partial charge in [-0.2, -0.15) is 0 Å². The Kier molecular flexibility index (Phi) is 4.15. The maximum atomic E-state index is 11.4. The van der Waals surface area contributed by atoms with Crippen LogP contribution in [0, 0.1) is 0 Å². The summed E-state index contributed by atoms with van der Waals surface area (Å²) in [6, 6.07) is 13.7. The van der Waals surface area contributed by atoms with Crippen molar-refractivity contribution < 1.29 is 9.53 Å². The number of hydrogen-bond acceptors (Lipinski definition) is 3. The zero-order valence-electron chi connectivity index (χ0n) is 10.1. The van der Waals surface area contributed by atoms with Crippen LogP contribution >= 0.6 is 0 Å². The highest BCUT2D eigenvalue weighted by molar-refractivity contribution is 5.88. The van der Waals surface area contributed by atoms with Crippen LogP contribution in [0.2, 0.25) is 0 Å². The number of ether oxygens (including phenoxy) is 1. The molecule has 2 aromatic rings. The topological polar surface area (TPSA) is 64.3 Å². The van der Waals surface area contributed by atoms with Crippen molar-refractivity contribution in [3.05, 3.63) is 42.5 Å². The highest BCUT2D eigenvalue weighted by Gasteiger charge is 2.04. The highest BCUT2D eigenvalue weighted by atomic mass is 16.5. The van der Waals surface area contributed by atoms with Crippen molar-refractivity contribution in [3.8, 4) is 5.75 Å². The zero-order chi connectivity index (χ0) is 12.8. The van der Waals surface area contributed by atoms with Gasteiger partial charge in [-0.1, -0.05) is 36.4 Å². The van der Waals surface area contributed by atoms with Crippen molar-refractivity contribution in [2.45, 2.75) is 0 Å². The van der Waals surface area contributed by atoms with Crippen LogP contribution in [0.4, 0.5) is 0 Å². The largest absolute Gasteiger partial charge is 0.483 e. The fourth-order valence-corrected chi connectivity index (χ4v) is 1.73. The molecule has 0 aromatic heterocycles. The molecule has 0 spiro atoms. The molecule has 0 bridgehead atoms. The van der Waals surface area contributed by atoms with Gasteiger partial charge in [-0.05, 0) is 11.5 Å². The summed E-state index contributed by atoms with van der Waals surface area (Å²) in [6.45, 7) is 0.908. The third kappa shape index (κ3) is 2.99. The molecule has 0 saturated carbocycles. The summed E-state index contributed by atoms with van der Waals surface area (Å²) < 4.78 is 5.53. The smallest absolute Gasteiger partial charge is 0.257 e. The molecule has 2 aromatic carbocycles. The molecule has 0 atom stereocenters. The Morgan fingerprint density at radius 3 is 2.78 bits per heavy atom. The molecule has 0 aliphatic carbocycles. The predicted octanol–water partition coefficient (Wildman–Crippen LogP) is 1.29. The lowest BCUT2D eigenvalue weighted by Crippen LogP contribution is -2.32. The van der Waals surface area contributed by atoms with Crippen molar-refractivity contribution in [1.82, 2.24) is 5.32 Å². The molecule has 4 heteroatoms. The minimum Gasteiger partial charge on any atom is -0.483 e. The number of carbonyl (C=O) groups excluding carboxylic acids is 1. The van der Waals surface area contributed by atoms with Crippen LogP contribution in [0.1, 0.15) is 0 Å². The van der Waals surface area contributed by atoms with E-state index in [-0.39, 0.29) is 12.5 Å². The molecule has 0 saturated heterocycles. The van der Waals surface area contributed by atoms with Gasteiger partial charge in [0.2, 0.25) is 0 Å². The molecule has 0 aliphatic heterocycles. The van der Waals surface area contributed by atoms with E-state index < -0.39 is 0 Å². The van der Waals surface area contributed by atoms with Crippen LogP contribution in [0.3, 0.4) is 0 Å². The second-order valence-corrected chi connectivity index (χ2v) is 3.90. The van der Waals surface area contributed by atoms with Crippen LogP contribution in [-0.2, 0) is 4.79 Å². The molecular weight excluding hydrogens is 228 g/mol. The van der Waals surface area contributed by atoms with Gasteiger partial charge in [0.05, 0.1) is 0 Å². The van der Waals surface area contributed by atoms with Crippen molar-refractivity contribution in [1.29, 1.82) is 0 Å². The van der Waals surface area contributed by atoms with Gasteiger partial charge in [-0.25, -0.2) is 0 Å². The lowest BCUT2D eigenvalue weighted by molar-refractivity contribution is -0.123. The molecule has 1 amide bonds. The van der Waals surface area contributed by atoms with Crippen molar-refractivity contribution >= 4 is 16.7 Å². The molecule has 2 rings (SSSR count). The summed E-state index contributed by atoms with van der Waals surface area (Å²) in [5.41, 5.74) is 5.30. The Balaban J connectivity index is 2.05. The van der Waals surface area contributed by atoms with Crippen molar-refractivity contribution in [2.75, 3.05) is 19.7 Å². The maximum Gasteiger partial charge on any atom is 0.257 e. The van der Waals surface area contributed by atoms with Crippen LogP contribution in [0.15, 0.2) is 42.5 Å². The average Bonchev–Trinajstić information content (AvgIpc) is 2.42. The third-order valence-corrected chi connectivity index (χ3v) is 2.57. The van der Waals surface area contributed by atoms with E-state index in [1.54, 1.807) is 0 Å². The van der Waals surface area contributed by atoms with E-state index in [1.807, 2.05) is 42.5 Å². The number of nitrogens with two attached hydrogens (primary N) is 1. The van der Waals surface area contributed by atoms with Crippen LogP contribution in [0.25, 0.3) is 10.8 Å². The standard InChI is InChI=1S/C14H16N2O2/c15-8-9-16-14(17)10-18-13-7-3-5-11-4-1-2-6-12(11)13/h1-7H,8-10,15H2,(H,16,17). The predicted molar refractivity (Wildman–Crippen MR) is 71.5 cm³/mol. The summed E-state index contributed by atoms with van der Waals surface area (Å²) in [6.07, 6.45) is 0. The van der Waals surface area contributed by atoms with Gasteiger partial charge in [-0.15, -0.1) is 0 Å². The fourth-order valence-electron chi connectivity index (χ4n) is 1.73. The SMILES string of the molecule is NCCNC(=O)COc1cccc2ccccc12. The lowest BCUT2D eigenvalue weighted by atomic mass is 10.1. The van der Waals surface area contributed by atoms with Gasteiger partial charge >= 0.3 is 0 Å². The van der Waals surface area contributed by atoms with E-state index in [1.165, 1.54) is 0 Å². The minimum atomic E-state index is -0.159. The Bertz CT molecular complexity index is 535. The quantitative estimate of drug-likeness (QED) is 0.833. The molecule has 18 heavy (non-hydrogen) atoms. The first-order chi connectivity index (χ1) is 8.81. The number of carbonyl (C=O) groups is 1. The van der Waals surface area contributed by atoms with E-state index in [2.05, 4.69) is 5.32 Å². The molecule has 94 valence electrons. The summed E-state index contributed by atoms with van der Waals surface area (Å²) in [7, 11) is 0. The minimum absolute atomic E-state index is 0.00794. The molecule has 0 unspecified atom stereocenters. The highest BCUT2D eigenvalue weighted by Crippen LogP contribution is 2.24. The molecule has 0 radical (unpaired) electrons. The zero-order valence-corrected chi connectivity index (χ0v) is 10.1. The molecular formula is C14H16N2O2. The second kappa shape index (κ2) is 6.02. The van der Waals surface area contributed by atoms with Gasteiger partial charge in [0, 0.05) is 18.5 Å². The number of rotatable bonds is 5. The van der Waals surface area contributed by atoms with Gasteiger partial charge in [0.15, 0.2) is 6.61 Å². The monoisotopic (exact) mass is 244 g/mol. The summed E-state index contributed by atoms with van der Waals surface area (Å²) in [5.74, 6) is 0.560.